The van der Waals surface area contributed by atoms with Crippen molar-refractivity contribution < 1.29 is 34.4 Å². The van der Waals surface area contributed by atoms with E-state index in [0.29, 0.717) is 41.0 Å². The van der Waals surface area contributed by atoms with Gasteiger partial charge in [0.2, 0.25) is 11.8 Å². The van der Waals surface area contributed by atoms with Gasteiger partial charge in [0, 0.05) is 30.1 Å². The number of amides is 2. The van der Waals surface area contributed by atoms with Crippen molar-refractivity contribution >= 4 is 11.8 Å². The fraction of sp³-hybridized carbons (Fsp3) is 0.643. The normalized spacial score (nSPS) is 25.3. The summed E-state index contributed by atoms with van der Waals surface area (Å²) in [4.78, 5) is 28.7. The highest BCUT2D eigenvalue weighted by molar-refractivity contribution is 5.96. The molecule has 4 N–H and O–H groups in total. The Kier molecular flexibility index (Phi) is 9.10. The highest BCUT2D eigenvalue weighted by Crippen LogP contribution is 2.51. The highest BCUT2D eigenvalue weighted by atomic mass is 16.5. The summed E-state index contributed by atoms with van der Waals surface area (Å²) in [6.07, 6.45) is 6.91. The summed E-state index contributed by atoms with van der Waals surface area (Å²) in [6, 6.07) is 2.71. The van der Waals surface area contributed by atoms with Crippen LogP contribution in [0.15, 0.2) is 23.8 Å². The van der Waals surface area contributed by atoms with Gasteiger partial charge < -0.3 is 35.0 Å². The average molecular weight is 517 g/mol. The lowest BCUT2D eigenvalue weighted by Crippen LogP contribution is -2.58. The zero-order chi connectivity index (χ0) is 26.5. The molecule has 0 aromatic heterocycles. The van der Waals surface area contributed by atoms with Crippen molar-refractivity contribution in [3.63, 3.8) is 0 Å². The zero-order valence-corrected chi connectivity index (χ0v) is 21.8. The molecular formula is C28H40N2O7. The van der Waals surface area contributed by atoms with Crippen molar-refractivity contribution in [1.82, 2.24) is 10.2 Å². The summed E-state index contributed by atoms with van der Waals surface area (Å²) < 4.78 is 11.8. The number of carbonyl (C=O) groups excluding carboxylic acids is 2. The van der Waals surface area contributed by atoms with Crippen molar-refractivity contribution in [3.05, 3.63) is 34.9 Å². The maximum absolute atomic E-state index is 13.5. The number of hydrogen-bond donors (Lipinski definition) is 4. The second-order valence-corrected chi connectivity index (χ2v) is 10.2. The van der Waals surface area contributed by atoms with E-state index in [-0.39, 0.29) is 37.6 Å². The molecule has 2 aliphatic carbocycles. The maximum atomic E-state index is 13.5. The van der Waals surface area contributed by atoms with E-state index >= 15 is 0 Å². The Morgan fingerprint density at radius 3 is 2.51 bits per heavy atom. The third-order valence-electron chi connectivity index (χ3n) is 7.79. The van der Waals surface area contributed by atoms with E-state index in [1.165, 1.54) is 7.11 Å². The van der Waals surface area contributed by atoms with Crippen LogP contribution in [0.25, 0.3) is 0 Å². The van der Waals surface area contributed by atoms with Crippen molar-refractivity contribution in [3.8, 4) is 11.5 Å². The topological polar surface area (TPSA) is 129 Å². The molecule has 9 heteroatoms. The lowest BCUT2D eigenvalue weighted by atomic mass is 9.76. The largest absolute Gasteiger partial charge is 0.493 e. The number of ether oxygens (including phenoxy) is 2. The smallest absolute Gasteiger partial charge is 0.247 e. The Bertz CT molecular complexity index is 1000. The van der Waals surface area contributed by atoms with E-state index in [9.17, 15) is 24.9 Å². The van der Waals surface area contributed by atoms with E-state index in [1.807, 2.05) is 11.8 Å². The first-order valence-electron chi connectivity index (χ1n) is 13.5. The molecule has 1 aromatic rings. The predicted octanol–water partition coefficient (Wildman–Crippen LogP) is 2.16. The molecular weight excluding hydrogens is 476 g/mol. The molecule has 0 spiro atoms. The SMILES string of the molecule is CCCC(=O)N(C1CCCCCC1)[C@@H]1C=C(C(=O)NCCO)[C@@H]2c3cc(CO)cc(OC)c3O[C@@H]2[C@H]1O. The fourth-order valence-electron chi connectivity index (χ4n) is 6.08. The van der Waals surface area contributed by atoms with Crippen LogP contribution in [0.4, 0.5) is 0 Å². The molecule has 37 heavy (non-hydrogen) atoms. The summed E-state index contributed by atoms with van der Waals surface area (Å²) in [5, 5.41) is 33.6. The molecule has 0 bridgehead atoms. The second-order valence-electron chi connectivity index (χ2n) is 10.2. The van der Waals surface area contributed by atoms with Crippen molar-refractivity contribution in [2.75, 3.05) is 20.3 Å². The number of fused-ring (bicyclic) bond motifs is 3. The number of aliphatic hydroxyl groups is 3. The molecule has 1 saturated carbocycles. The third-order valence-corrected chi connectivity index (χ3v) is 7.79. The second kappa shape index (κ2) is 12.3. The predicted molar refractivity (Wildman–Crippen MR) is 137 cm³/mol. The molecule has 1 aromatic carbocycles. The fourth-order valence-corrected chi connectivity index (χ4v) is 6.08. The standard InChI is InChI=1S/C28H40N2O7/c1-3-8-23(33)30(18-9-6-4-5-7-10-18)21-15-20(28(35)29-11-12-31)24-19-13-17(16-32)14-22(36-2)26(19)37-27(24)25(21)34/h13-15,18,21,24-25,27,31-32,34H,3-12,16H2,1-2H3,(H,29,35)/t21-,24+,25+,27+/m1/s1. The van der Waals surface area contributed by atoms with Crippen molar-refractivity contribution in [2.45, 2.75) is 95.1 Å². The minimum absolute atomic E-state index is 0.0185. The van der Waals surface area contributed by atoms with E-state index in [0.717, 1.165) is 38.5 Å². The van der Waals surface area contributed by atoms with E-state index in [1.54, 1.807) is 18.2 Å². The van der Waals surface area contributed by atoms with Gasteiger partial charge in [-0.1, -0.05) is 32.6 Å². The minimum Gasteiger partial charge on any atom is -0.493 e. The summed E-state index contributed by atoms with van der Waals surface area (Å²) in [5.74, 6) is -0.181. The van der Waals surface area contributed by atoms with Crippen LogP contribution < -0.4 is 14.8 Å². The van der Waals surface area contributed by atoms with E-state index in [4.69, 9.17) is 9.47 Å². The van der Waals surface area contributed by atoms with E-state index in [2.05, 4.69) is 5.32 Å². The van der Waals surface area contributed by atoms with Gasteiger partial charge in [0.05, 0.1) is 32.3 Å². The number of hydrogen-bond acceptors (Lipinski definition) is 7. The molecule has 9 nitrogen and oxygen atoms in total. The number of nitrogens with zero attached hydrogens (tertiary/aromatic N) is 1. The van der Waals surface area contributed by atoms with Gasteiger partial charge in [-0.05, 0) is 43.0 Å². The summed E-state index contributed by atoms with van der Waals surface area (Å²) in [7, 11) is 1.50. The summed E-state index contributed by atoms with van der Waals surface area (Å²) in [6.45, 7) is 1.61. The van der Waals surface area contributed by atoms with Gasteiger partial charge in [0.1, 0.15) is 12.2 Å². The molecule has 4 rings (SSSR count). The Hall–Kier alpha value is -2.62. The minimum atomic E-state index is -1.07. The van der Waals surface area contributed by atoms with Crippen molar-refractivity contribution in [2.24, 2.45) is 0 Å². The Balaban J connectivity index is 1.81. The first kappa shape index (κ1) is 27.4. The van der Waals surface area contributed by atoms with Crippen molar-refractivity contribution in [1.29, 1.82) is 0 Å². The molecule has 0 radical (unpaired) electrons. The number of nitrogens with one attached hydrogen (secondary N) is 1. The number of benzene rings is 1. The van der Waals surface area contributed by atoms with E-state index < -0.39 is 24.2 Å². The number of rotatable bonds is 9. The van der Waals surface area contributed by atoms with Gasteiger partial charge in [-0.25, -0.2) is 0 Å². The van der Waals surface area contributed by atoms with Crippen LogP contribution in [0, 0.1) is 0 Å². The Morgan fingerprint density at radius 1 is 1.16 bits per heavy atom. The van der Waals surface area contributed by atoms with Crippen LogP contribution in [0.2, 0.25) is 0 Å². The first-order chi connectivity index (χ1) is 17.9. The van der Waals surface area contributed by atoms with Crippen LogP contribution in [0.1, 0.15) is 75.3 Å². The molecule has 1 heterocycles. The zero-order valence-electron chi connectivity index (χ0n) is 21.8. The monoisotopic (exact) mass is 516 g/mol. The lowest BCUT2D eigenvalue weighted by Gasteiger charge is -2.44. The lowest BCUT2D eigenvalue weighted by molar-refractivity contribution is -0.141. The van der Waals surface area contributed by atoms with Gasteiger partial charge in [0.15, 0.2) is 11.5 Å². The molecule has 0 unspecified atom stereocenters. The third kappa shape index (κ3) is 5.49. The highest BCUT2D eigenvalue weighted by Gasteiger charge is 2.52. The number of carbonyl (C=O) groups is 2. The Labute approximate surface area is 218 Å². The molecule has 2 amide bonds. The summed E-state index contributed by atoms with van der Waals surface area (Å²) >= 11 is 0. The van der Waals surface area contributed by atoms with Gasteiger partial charge in [-0.3, -0.25) is 9.59 Å². The quantitative estimate of drug-likeness (QED) is 0.370. The summed E-state index contributed by atoms with van der Waals surface area (Å²) in [5.41, 5.74) is 1.63. The molecule has 4 atom stereocenters. The molecule has 1 aliphatic heterocycles. The Morgan fingerprint density at radius 2 is 1.89 bits per heavy atom. The molecule has 0 saturated heterocycles. The van der Waals surface area contributed by atoms with Gasteiger partial charge in [-0.2, -0.15) is 0 Å². The first-order valence-corrected chi connectivity index (χ1v) is 13.5. The molecule has 1 fully saturated rings. The number of methoxy groups -OCH3 is 1. The average Bonchev–Trinajstić information content (AvgIpc) is 3.09. The maximum Gasteiger partial charge on any atom is 0.247 e. The molecule has 204 valence electrons. The van der Waals surface area contributed by atoms with Crippen LogP contribution in [-0.4, -0.2) is 76.6 Å². The van der Waals surface area contributed by atoms with Crippen LogP contribution >= 0.6 is 0 Å². The van der Waals surface area contributed by atoms with Crippen LogP contribution in [-0.2, 0) is 16.2 Å². The van der Waals surface area contributed by atoms with Gasteiger partial charge >= 0.3 is 0 Å². The van der Waals surface area contributed by atoms with Gasteiger partial charge in [0.25, 0.3) is 0 Å². The number of aliphatic hydroxyl groups excluding tert-OH is 3. The van der Waals surface area contributed by atoms with Crippen LogP contribution in [0.3, 0.4) is 0 Å². The van der Waals surface area contributed by atoms with Crippen LogP contribution in [0.5, 0.6) is 11.5 Å². The molecule has 3 aliphatic rings. The van der Waals surface area contributed by atoms with Gasteiger partial charge in [-0.15, -0.1) is 0 Å².